The number of hydrogen-bond acceptors (Lipinski definition) is 5. The van der Waals surface area contributed by atoms with Crippen LogP contribution in [-0.4, -0.2) is 29.0 Å². The fourth-order valence-corrected chi connectivity index (χ4v) is 1.87. The van der Waals surface area contributed by atoms with Crippen LogP contribution < -0.4 is 4.90 Å². The summed E-state index contributed by atoms with van der Waals surface area (Å²) in [5.41, 5.74) is 0. The Morgan fingerprint density at radius 2 is 2.07 bits per heavy atom. The lowest BCUT2D eigenvalue weighted by Crippen LogP contribution is -2.13. The van der Waals surface area contributed by atoms with Crippen molar-refractivity contribution in [3.63, 3.8) is 0 Å². The minimum Gasteiger partial charge on any atom is -0.347 e. The quantitative estimate of drug-likeness (QED) is 0.808. The lowest BCUT2D eigenvalue weighted by molar-refractivity contribution is 0.964. The normalized spacial score (nSPS) is 10.3. The second-order valence-corrected chi connectivity index (χ2v) is 4.39. The topological polar surface area (TPSA) is 41.9 Å². The number of halogens is 1. The molecule has 0 radical (unpaired) electrons. The molecule has 2 rings (SSSR count). The molecule has 0 saturated carbocycles. The summed E-state index contributed by atoms with van der Waals surface area (Å²) in [5, 5.41) is 2.19. The first-order valence-corrected chi connectivity index (χ1v) is 5.55. The minimum absolute atomic E-state index is 0.220. The molecule has 0 amide bonds. The monoisotopic (exact) mass is 240 g/mol. The van der Waals surface area contributed by atoms with Gasteiger partial charge in [0.05, 0.1) is 4.88 Å². The molecule has 2 aromatic heterocycles. The Bertz CT molecular complexity index is 455. The Hall–Kier alpha value is -1.20. The number of rotatable bonds is 2. The predicted molar refractivity (Wildman–Crippen MR) is 62.5 cm³/mol. The zero-order chi connectivity index (χ0) is 10.8. The van der Waals surface area contributed by atoms with Gasteiger partial charge in [-0.2, -0.15) is 15.0 Å². The van der Waals surface area contributed by atoms with Gasteiger partial charge in [0.25, 0.3) is 0 Å². The molecule has 0 unspecified atom stereocenters. The third kappa shape index (κ3) is 2.24. The lowest BCUT2D eigenvalue weighted by Gasteiger charge is -2.10. The SMILES string of the molecule is CN(C)c1nc(Cl)nc(-c2cccs2)n1. The molecule has 0 aliphatic carbocycles. The summed E-state index contributed by atoms with van der Waals surface area (Å²) >= 11 is 7.40. The van der Waals surface area contributed by atoms with Crippen LogP contribution in [0.4, 0.5) is 5.95 Å². The largest absolute Gasteiger partial charge is 0.347 e. The molecular formula is C9H9ClN4S. The summed E-state index contributed by atoms with van der Waals surface area (Å²) in [7, 11) is 3.73. The molecule has 0 aliphatic heterocycles. The first-order valence-electron chi connectivity index (χ1n) is 4.29. The van der Waals surface area contributed by atoms with Crippen LogP contribution in [0.2, 0.25) is 5.28 Å². The molecule has 0 spiro atoms. The molecule has 0 bridgehead atoms. The summed E-state index contributed by atoms with van der Waals surface area (Å²) in [6.45, 7) is 0. The van der Waals surface area contributed by atoms with Crippen molar-refractivity contribution in [3.8, 4) is 10.7 Å². The highest BCUT2D eigenvalue weighted by atomic mass is 35.5. The smallest absolute Gasteiger partial charge is 0.229 e. The van der Waals surface area contributed by atoms with E-state index in [1.54, 1.807) is 16.2 Å². The fourth-order valence-electron chi connectivity index (χ4n) is 1.06. The van der Waals surface area contributed by atoms with E-state index < -0.39 is 0 Å². The molecule has 0 saturated heterocycles. The van der Waals surface area contributed by atoms with Crippen molar-refractivity contribution in [2.24, 2.45) is 0 Å². The van der Waals surface area contributed by atoms with Crippen molar-refractivity contribution in [2.75, 3.05) is 19.0 Å². The van der Waals surface area contributed by atoms with Crippen molar-refractivity contribution < 1.29 is 0 Å². The van der Waals surface area contributed by atoms with Crippen molar-refractivity contribution in [3.05, 3.63) is 22.8 Å². The molecule has 0 aliphatic rings. The van der Waals surface area contributed by atoms with Gasteiger partial charge in [-0.05, 0) is 23.0 Å². The zero-order valence-corrected chi connectivity index (χ0v) is 9.88. The number of thiophene rings is 1. The first kappa shape index (κ1) is 10.3. The van der Waals surface area contributed by atoms with Gasteiger partial charge in [0.2, 0.25) is 11.2 Å². The second kappa shape index (κ2) is 4.12. The summed E-state index contributed by atoms with van der Waals surface area (Å²) in [4.78, 5) is 15.2. The zero-order valence-electron chi connectivity index (χ0n) is 8.31. The Morgan fingerprint density at radius 3 is 2.67 bits per heavy atom. The molecule has 0 atom stereocenters. The Morgan fingerprint density at radius 1 is 1.27 bits per heavy atom. The van der Waals surface area contributed by atoms with Gasteiger partial charge in [-0.15, -0.1) is 11.3 Å². The molecule has 0 fully saturated rings. The highest BCUT2D eigenvalue weighted by Crippen LogP contribution is 2.23. The van der Waals surface area contributed by atoms with Crippen LogP contribution in [0.25, 0.3) is 10.7 Å². The van der Waals surface area contributed by atoms with Crippen LogP contribution in [0.3, 0.4) is 0 Å². The molecule has 78 valence electrons. The molecule has 4 nitrogen and oxygen atoms in total. The third-order valence-corrected chi connectivity index (χ3v) is 2.77. The molecule has 2 aromatic rings. The van der Waals surface area contributed by atoms with Gasteiger partial charge in [-0.3, -0.25) is 0 Å². The summed E-state index contributed by atoms with van der Waals surface area (Å²) in [6.07, 6.45) is 0. The Kier molecular flexibility index (Phi) is 2.83. The van der Waals surface area contributed by atoms with E-state index >= 15 is 0 Å². The molecule has 0 N–H and O–H groups in total. The maximum absolute atomic E-state index is 5.83. The fraction of sp³-hybridized carbons (Fsp3) is 0.222. The van der Waals surface area contributed by atoms with Crippen LogP contribution in [0.5, 0.6) is 0 Å². The first-order chi connectivity index (χ1) is 7.16. The van der Waals surface area contributed by atoms with Gasteiger partial charge in [0, 0.05) is 14.1 Å². The number of nitrogens with zero attached hydrogens (tertiary/aromatic N) is 4. The summed E-state index contributed by atoms with van der Waals surface area (Å²) in [6, 6.07) is 3.91. The van der Waals surface area contributed by atoms with Crippen LogP contribution in [0, 0.1) is 0 Å². The standard InChI is InChI=1S/C9H9ClN4S/c1-14(2)9-12-7(11-8(10)13-9)6-4-3-5-15-6/h3-5H,1-2H3. The van der Waals surface area contributed by atoms with Crippen molar-refractivity contribution in [1.29, 1.82) is 0 Å². The highest BCUT2D eigenvalue weighted by molar-refractivity contribution is 7.13. The number of anilines is 1. The predicted octanol–water partition coefficient (Wildman–Crippen LogP) is 2.32. The molecule has 0 aromatic carbocycles. The molecular weight excluding hydrogens is 232 g/mol. The van der Waals surface area contributed by atoms with E-state index in [0.29, 0.717) is 11.8 Å². The van der Waals surface area contributed by atoms with Crippen LogP contribution in [-0.2, 0) is 0 Å². The van der Waals surface area contributed by atoms with Gasteiger partial charge >= 0.3 is 0 Å². The second-order valence-electron chi connectivity index (χ2n) is 3.10. The lowest BCUT2D eigenvalue weighted by atomic mass is 10.4. The van der Waals surface area contributed by atoms with E-state index in [1.165, 1.54) is 0 Å². The van der Waals surface area contributed by atoms with Crippen LogP contribution in [0.15, 0.2) is 17.5 Å². The van der Waals surface area contributed by atoms with Crippen molar-refractivity contribution >= 4 is 28.9 Å². The van der Waals surface area contributed by atoms with Gasteiger partial charge < -0.3 is 4.90 Å². The van der Waals surface area contributed by atoms with Crippen molar-refractivity contribution in [2.45, 2.75) is 0 Å². The minimum atomic E-state index is 0.220. The average molecular weight is 241 g/mol. The van der Waals surface area contributed by atoms with Gasteiger partial charge in [0.15, 0.2) is 5.82 Å². The van der Waals surface area contributed by atoms with Gasteiger partial charge in [0.1, 0.15) is 0 Å². The summed E-state index contributed by atoms with van der Waals surface area (Å²) in [5.74, 6) is 1.19. The third-order valence-electron chi connectivity index (χ3n) is 1.74. The van der Waals surface area contributed by atoms with Crippen LogP contribution >= 0.6 is 22.9 Å². The Labute approximate surface area is 96.6 Å². The molecule has 2 heterocycles. The molecule has 15 heavy (non-hydrogen) atoms. The van der Waals surface area contributed by atoms with Gasteiger partial charge in [-0.1, -0.05) is 6.07 Å². The Balaban J connectivity index is 2.49. The average Bonchev–Trinajstić information content (AvgIpc) is 2.69. The van der Waals surface area contributed by atoms with E-state index in [4.69, 9.17) is 11.6 Å². The summed E-state index contributed by atoms with van der Waals surface area (Å²) < 4.78 is 0. The van der Waals surface area contributed by atoms with E-state index in [1.807, 2.05) is 31.6 Å². The molecule has 6 heteroatoms. The van der Waals surface area contributed by atoms with E-state index in [9.17, 15) is 0 Å². The van der Waals surface area contributed by atoms with Gasteiger partial charge in [-0.25, -0.2) is 0 Å². The number of hydrogen-bond donors (Lipinski definition) is 0. The van der Waals surface area contributed by atoms with E-state index in [-0.39, 0.29) is 5.28 Å². The van der Waals surface area contributed by atoms with Crippen molar-refractivity contribution in [1.82, 2.24) is 15.0 Å². The van der Waals surface area contributed by atoms with E-state index in [2.05, 4.69) is 15.0 Å². The van der Waals surface area contributed by atoms with E-state index in [0.717, 1.165) is 4.88 Å². The van der Waals surface area contributed by atoms with Crippen LogP contribution in [0.1, 0.15) is 0 Å². The maximum Gasteiger partial charge on any atom is 0.229 e. The number of aromatic nitrogens is 3. The highest BCUT2D eigenvalue weighted by Gasteiger charge is 2.08. The maximum atomic E-state index is 5.83.